The molecule has 0 aliphatic rings. The molecule has 0 spiro atoms. The molecule has 0 bridgehead atoms. The Morgan fingerprint density at radius 1 is 1.21 bits per heavy atom. The maximum Gasteiger partial charge on any atom is 0.283 e. The van der Waals surface area contributed by atoms with Gasteiger partial charge < -0.3 is 4.42 Å². The van der Waals surface area contributed by atoms with Crippen LogP contribution in [0.4, 0.5) is 5.69 Å². The largest absolute Gasteiger partial charge is 0.440 e. The average molecular weight is 346 g/mol. The smallest absolute Gasteiger partial charge is 0.283 e. The Balaban J connectivity index is 1.98. The molecule has 1 N–H and O–H groups in total. The molecule has 2 aromatic heterocycles. The normalized spacial score (nSPS) is 11.8. The van der Waals surface area contributed by atoms with Crippen LogP contribution in [0.2, 0.25) is 0 Å². The third-order valence-corrected chi connectivity index (χ3v) is 4.67. The van der Waals surface area contributed by atoms with Crippen molar-refractivity contribution in [2.45, 2.75) is 31.8 Å². The number of hydrogen-bond acceptors (Lipinski definition) is 5. The summed E-state index contributed by atoms with van der Waals surface area (Å²) in [6, 6.07) is 9.15. The lowest BCUT2D eigenvalue weighted by Crippen LogP contribution is -2.14. The van der Waals surface area contributed by atoms with Crippen LogP contribution in [0.1, 0.15) is 25.8 Å². The molecule has 0 amide bonds. The van der Waals surface area contributed by atoms with Crippen LogP contribution >= 0.6 is 0 Å². The number of aryl methyl sites for hydroxylation is 1. The van der Waals surface area contributed by atoms with Crippen molar-refractivity contribution < 1.29 is 12.8 Å². The highest BCUT2D eigenvalue weighted by atomic mass is 32.2. The molecule has 8 heteroatoms. The molecule has 0 saturated carbocycles. The second kappa shape index (κ2) is 6.12. The third-order valence-electron chi connectivity index (χ3n) is 3.38. The molecule has 0 atom stereocenters. The zero-order chi connectivity index (χ0) is 17.3. The van der Waals surface area contributed by atoms with Crippen LogP contribution in [0, 0.1) is 6.92 Å². The number of aromatic nitrogens is 3. The molecule has 3 aromatic rings. The monoisotopic (exact) mass is 346 g/mol. The summed E-state index contributed by atoms with van der Waals surface area (Å²) in [5.74, 6) is 0.504. The molecule has 7 nitrogen and oxygen atoms in total. The lowest BCUT2D eigenvalue weighted by Gasteiger charge is -2.06. The molecule has 0 aliphatic heterocycles. The molecule has 2 heterocycles. The van der Waals surface area contributed by atoms with Gasteiger partial charge in [0, 0.05) is 24.7 Å². The fraction of sp³-hybridized carbons (Fsp3) is 0.250. The minimum Gasteiger partial charge on any atom is -0.440 e. The van der Waals surface area contributed by atoms with Gasteiger partial charge in [-0.25, -0.2) is 0 Å². The maximum atomic E-state index is 12.7. The van der Waals surface area contributed by atoms with E-state index < -0.39 is 10.0 Å². The fourth-order valence-electron chi connectivity index (χ4n) is 2.24. The molecule has 0 saturated heterocycles. The predicted octanol–water partition coefficient (Wildman–Crippen LogP) is 3.23. The lowest BCUT2D eigenvalue weighted by molar-refractivity contribution is 0.532. The van der Waals surface area contributed by atoms with E-state index in [1.165, 1.54) is 6.20 Å². The Morgan fingerprint density at radius 3 is 2.54 bits per heavy atom. The van der Waals surface area contributed by atoms with Gasteiger partial charge in [0.05, 0.1) is 11.9 Å². The summed E-state index contributed by atoms with van der Waals surface area (Å²) in [7, 11) is -3.89. The molecule has 1 aromatic carbocycles. The molecule has 126 valence electrons. The number of sulfonamides is 1. The average Bonchev–Trinajstić information content (AvgIpc) is 3.15. The highest BCUT2D eigenvalue weighted by Gasteiger charge is 2.26. The maximum absolute atomic E-state index is 12.7. The van der Waals surface area contributed by atoms with Crippen molar-refractivity contribution in [1.29, 1.82) is 0 Å². The minimum atomic E-state index is -3.89. The molecule has 0 radical (unpaired) electrons. The van der Waals surface area contributed by atoms with Gasteiger partial charge in [0.15, 0.2) is 11.7 Å². The van der Waals surface area contributed by atoms with Gasteiger partial charge in [-0.3, -0.25) is 9.40 Å². The van der Waals surface area contributed by atoms with Crippen LogP contribution in [-0.2, 0) is 10.0 Å². The van der Waals surface area contributed by atoms with Crippen molar-refractivity contribution in [1.82, 2.24) is 14.8 Å². The van der Waals surface area contributed by atoms with Crippen molar-refractivity contribution in [3.63, 3.8) is 0 Å². The van der Waals surface area contributed by atoms with Gasteiger partial charge in [0.2, 0.25) is 5.03 Å². The van der Waals surface area contributed by atoms with E-state index in [-0.39, 0.29) is 22.7 Å². The van der Waals surface area contributed by atoms with Crippen LogP contribution in [0.15, 0.2) is 52.2 Å². The zero-order valence-corrected chi connectivity index (χ0v) is 14.4. The van der Waals surface area contributed by atoms with Crippen LogP contribution < -0.4 is 4.72 Å². The molecular formula is C16H18N4O3S. The third kappa shape index (κ3) is 3.18. The number of rotatable bonds is 5. The van der Waals surface area contributed by atoms with E-state index >= 15 is 0 Å². The number of oxazole rings is 1. The summed E-state index contributed by atoms with van der Waals surface area (Å²) in [6.45, 7) is 5.53. The molecule has 0 fully saturated rings. The molecule has 24 heavy (non-hydrogen) atoms. The van der Waals surface area contributed by atoms with E-state index in [2.05, 4.69) is 14.8 Å². The van der Waals surface area contributed by atoms with Gasteiger partial charge in [0.1, 0.15) is 0 Å². The van der Waals surface area contributed by atoms with E-state index in [0.29, 0.717) is 11.3 Å². The van der Waals surface area contributed by atoms with E-state index in [4.69, 9.17) is 4.42 Å². The van der Waals surface area contributed by atoms with Crippen molar-refractivity contribution in [2.75, 3.05) is 4.72 Å². The first-order chi connectivity index (χ1) is 11.4. The summed E-state index contributed by atoms with van der Waals surface area (Å²) in [5.41, 5.74) is 1.03. The van der Waals surface area contributed by atoms with E-state index in [1.54, 1.807) is 29.9 Å². The second-order valence-corrected chi connectivity index (χ2v) is 7.24. The van der Waals surface area contributed by atoms with Gasteiger partial charge in [-0.05, 0) is 13.8 Å². The first-order valence-electron chi connectivity index (χ1n) is 7.46. The van der Waals surface area contributed by atoms with E-state index in [0.717, 1.165) is 0 Å². The number of benzene rings is 1. The highest BCUT2D eigenvalue weighted by Crippen LogP contribution is 2.29. The first kappa shape index (κ1) is 16.3. The van der Waals surface area contributed by atoms with Crippen molar-refractivity contribution in [2.24, 2.45) is 0 Å². The quantitative estimate of drug-likeness (QED) is 0.766. The summed E-state index contributed by atoms with van der Waals surface area (Å²) in [5, 5.41) is 3.99. The Bertz CT molecular complexity index is 943. The van der Waals surface area contributed by atoms with Crippen molar-refractivity contribution in [3.8, 4) is 11.3 Å². The molecule has 3 rings (SSSR count). The summed E-state index contributed by atoms with van der Waals surface area (Å²) >= 11 is 0. The second-order valence-electron chi connectivity index (χ2n) is 5.64. The standard InChI is InChI=1S/C16H18N4O3S/c1-11(2)20-10-14(9-17-20)19-24(21,22)16-15(23-12(3)18-16)13-7-5-4-6-8-13/h4-11,19H,1-3H3. The van der Waals surface area contributed by atoms with Gasteiger partial charge in [-0.1, -0.05) is 30.3 Å². The Morgan fingerprint density at radius 2 is 1.92 bits per heavy atom. The zero-order valence-electron chi connectivity index (χ0n) is 13.6. The molecule has 0 unspecified atom stereocenters. The molecule has 0 aliphatic carbocycles. The minimum absolute atomic E-state index is 0.136. The Kier molecular flexibility index (Phi) is 4.15. The first-order valence-corrected chi connectivity index (χ1v) is 8.95. The fourth-order valence-corrected chi connectivity index (χ4v) is 3.40. The summed E-state index contributed by atoms with van der Waals surface area (Å²) in [6.07, 6.45) is 3.10. The Labute approximate surface area is 140 Å². The SMILES string of the molecule is Cc1nc(S(=O)(=O)Nc2cnn(C(C)C)c2)c(-c2ccccc2)o1. The summed E-state index contributed by atoms with van der Waals surface area (Å²) < 4.78 is 35.1. The number of nitrogens with zero attached hydrogens (tertiary/aromatic N) is 3. The van der Waals surface area contributed by atoms with Crippen LogP contribution in [0.5, 0.6) is 0 Å². The van der Waals surface area contributed by atoms with Crippen molar-refractivity contribution >= 4 is 15.7 Å². The number of hydrogen-bond donors (Lipinski definition) is 1. The Hall–Kier alpha value is -2.61. The number of anilines is 1. The van der Waals surface area contributed by atoms with Crippen LogP contribution in [0.3, 0.4) is 0 Å². The van der Waals surface area contributed by atoms with Crippen LogP contribution in [0.25, 0.3) is 11.3 Å². The summed E-state index contributed by atoms with van der Waals surface area (Å²) in [4.78, 5) is 4.05. The van der Waals surface area contributed by atoms with Gasteiger partial charge >= 0.3 is 0 Å². The van der Waals surface area contributed by atoms with E-state index in [9.17, 15) is 8.42 Å². The van der Waals surface area contributed by atoms with Gasteiger partial charge in [-0.15, -0.1) is 0 Å². The van der Waals surface area contributed by atoms with Crippen LogP contribution in [-0.4, -0.2) is 23.2 Å². The van der Waals surface area contributed by atoms with Crippen molar-refractivity contribution in [3.05, 3.63) is 48.6 Å². The van der Waals surface area contributed by atoms with Gasteiger partial charge in [0.25, 0.3) is 10.0 Å². The lowest BCUT2D eigenvalue weighted by atomic mass is 10.2. The van der Waals surface area contributed by atoms with E-state index in [1.807, 2.05) is 32.0 Å². The number of nitrogens with one attached hydrogen (secondary N) is 1. The predicted molar refractivity (Wildman–Crippen MR) is 90.1 cm³/mol. The van der Waals surface area contributed by atoms with Gasteiger partial charge in [-0.2, -0.15) is 18.5 Å². The topological polar surface area (TPSA) is 90.0 Å². The molecular weight excluding hydrogens is 328 g/mol. The highest BCUT2D eigenvalue weighted by molar-refractivity contribution is 7.92.